The summed E-state index contributed by atoms with van der Waals surface area (Å²) in [5.74, 6) is -0.0170. The van der Waals surface area contributed by atoms with Gasteiger partial charge in [0.05, 0.1) is 17.1 Å². The molecule has 0 aliphatic carbocycles. The number of aliphatic hydroxyl groups excluding tert-OH is 2. The SMILES string of the molecule is CC(O)C(C)Oc1c([C@H](C)O)cc(Br)cc1[N+](=O)[O-]. The molecule has 0 saturated carbocycles. The zero-order chi connectivity index (χ0) is 14.7. The van der Waals surface area contributed by atoms with Gasteiger partial charge in [0.15, 0.2) is 0 Å². The Morgan fingerprint density at radius 3 is 2.32 bits per heavy atom. The predicted molar refractivity (Wildman–Crippen MR) is 73.2 cm³/mol. The van der Waals surface area contributed by atoms with E-state index in [9.17, 15) is 20.3 Å². The Morgan fingerprint density at radius 2 is 1.89 bits per heavy atom. The van der Waals surface area contributed by atoms with E-state index in [1.165, 1.54) is 19.9 Å². The molecule has 0 fully saturated rings. The molecule has 0 amide bonds. The molecule has 0 aliphatic rings. The number of hydrogen-bond acceptors (Lipinski definition) is 5. The largest absolute Gasteiger partial charge is 0.481 e. The molecule has 1 aromatic rings. The molecule has 2 unspecified atom stereocenters. The van der Waals surface area contributed by atoms with Crippen LogP contribution in [-0.4, -0.2) is 27.3 Å². The highest BCUT2D eigenvalue weighted by Gasteiger charge is 2.25. The highest BCUT2D eigenvalue weighted by atomic mass is 79.9. The van der Waals surface area contributed by atoms with Crippen molar-refractivity contribution in [3.8, 4) is 5.75 Å². The van der Waals surface area contributed by atoms with Gasteiger partial charge < -0.3 is 14.9 Å². The number of halogens is 1. The van der Waals surface area contributed by atoms with Crippen molar-refractivity contribution in [2.75, 3.05) is 0 Å². The smallest absolute Gasteiger partial charge is 0.312 e. The van der Waals surface area contributed by atoms with Crippen LogP contribution in [0.5, 0.6) is 5.75 Å². The van der Waals surface area contributed by atoms with Crippen molar-refractivity contribution in [1.82, 2.24) is 0 Å². The third-order valence-corrected chi connectivity index (χ3v) is 3.15. The zero-order valence-corrected chi connectivity index (χ0v) is 12.4. The van der Waals surface area contributed by atoms with Crippen LogP contribution in [0.2, 0.25) is 0 Å². The van der Waals surface area contributed by atoms with Gasteiger partial charge in [-0.2, -0.15) is 0 Å². The maximum absolute atomic E-state index is 11.1. The van der Waals surface area contributed by atoms with Gasteiger partial charge >= 0.3 is 5.69 Å². The number of ether oxygens (including phenoxy) is 1. The number of hydrogen-bond donors (Lipinski definition) is 2. The average Bonchev–Trinajstić information content (AvgIpc) is 2.29. The van der Waals surface area contributed by atoms with E-state index >= 15 is 0 Å². The van der Waals surface area contributed by atoms with Crippen LogP contribution in [0.1, 0.15) is 32.4 Å². The Labute approximate surface area is 119 Å². The first-order valence-corrected chi connectivity index (χ1v) is 6.54. The minimum Gasteiger partial charge on any atom is -0.481 e. The van der Waals surface area contributed by atoms with E-state index in [1.807, 2.05) is 0 Å². The van der Waals surface area contributed by atoms with Crippen LogP contribution in [0.4, 0.5) is 5.69 Å². The summed E-state index contributed by atoms with van der Waals surface area (Å²) >= 11 is 3.16. The van der Waals surface area contributed by atoms with Gasteiger partial charge in [-0.15, -0.1) is 0 Å². The van der Waals surface area contributed by atoms with Crippen molar-refractivity contribution in [2.24, 2.45) is 0 Å². The summed E-state index contributed by atoms with van der Waals surface area (Å²) in [6, 6.07) is 2.86. The standard InChI is InChI=1S/C12H16BrNO5/c1-6(15)8(3)19-12-10(7(2)16)4-9(13)5-11(12)14(17)18/h4-8,15-16H,1-3H3/t6?,7-,8?/m0/s1. The average molecular weight is 334 g/mol. The molecule has 6 nitrogen and oxygen atoms in total. The molecule has 0 bridgehead atoms. The Hall–Kier alpha value is -1.18. The molecule has 0 spiro atoms. The van der Waals surface area contributed by atoms with Crippen LogP contribution in [0.15, 0.2) is 16.6 Å². The molecule has 1 rings (SSSR count). The molecule has 0 heterocycles. The molecular weight excluding hydrogens is 318 g/mol. The van der Waals surface area contributed by atoms with Gasteiger partial charge in [0, 0.05) is 16.1 Å². The molecule has 2 N–H and O–H groups in total. The second-order valence-corrected chi connectivity index (χ2v) is 5.26. The van der Waals surface area contributed by atoms with Crippen molar-refractivity contribution in [2.45, 2.75) is 39.1 Å². The number of rotatable bonds is 5. The van der Waals surface area contributed by atoms with Gasteiger partial charge in [-0.1, -0.05) is 15.9 Å². The molecule has 1 aromatic carbocycles. The highest BCUT2D eigenvalue weighted by Crippen LogP contribution is 2.38. The second-order valence-electron chi connectivity index (χ2n) is 4.34. The summed E-state index contributed by atoms with van der Waals surface area (Å²) in [5.41, 5.74) is 0.0475. The summed E-state index contributed by atoms with van der Waals surface area (Å²) in [6.07, 6.45) is -2.34. The monoisotopic (exact) mass is 333 g/mol. The van der Waals surface area contributed by atoms with Crippen molar-refractivity contribution in [1.29, 1.82) is 0 Å². The third kappa shape index (κ3) is 3.89. The fourth-order valence-corrected chi connectivity index (χ4v) is 1.92. The summed E-state index contributed by atoms with van der Waals surface area (Å²) in [6.45, 7) is 4.62. The zero-order valence-electron chi connectivity index (χ0n) is 10.8. The van der Waals surface area contributed by atoms with Gasteiger partial charge in [0.2, 0.25) is 5.75 Å². The number of aliphatic hydroxyl groups is 2. The van der Waals surface area contributed by atoms with Crippen molar-refractivity contribution < 1.29 is 19.9 Å². The molecular formula is C12H16BrNO5. The quantitative estimate of drug-likeness (QED) is 0.638. The Balaban J connectivity index is 3.35. The lowest BCUT2D eigenvalue weighted by molar-refractivity contribution is -0.386. The van der Waals surface area contributed by atoms with Crippen molar-refractivity contribution in [3.05, 3.63) is 32.3 Å². The van der Waals surface area contributed by atoms with Crippen LogP contribution in [-0.2, 0) is 0 Å². The molecule has 0 aliphatic heterocycles. The molecule has 7 heteroatoms. The summed E-state index contributed by atoms with van der Waals surface area (Å²) in [7, 11) is 0. The van der Waals surface area contributed by atoms with Crippen LogP contribution in [0.3, 0.4) is 0 Å². The van der Waals surface area contributed by atoms with Gasteiger partial charge in [-0.25, -0.2) is 0 Å². The maximum Gasteiger partial charge on any atom is 0.312 e. The first-order chi connectivity index (χ1) is 8.73. The van der Waals surface area contributed by atoms with Gasteiger partial charge in [-0.3, -0.25) is 10.1 Å². The normalized spacial score (nSPS) is 15.7. The summed E-state index contributed by atoms with van der Waals surface area (Å²) in [5, 5.41) is 30.2. The minimum atomic E-state index is -0.924. The molecule has 19 heavy (non-hydrogen) atoms. The lowest BCUT2D eigenvalue weighted by atomic mass is 10.1. The van der Waals surface area contributed by atoms with Crippen LogP contribution < -0.4 is 4.74 Å². The molecule has 106 valence electrons. The molecule has 3 atom stereocenters. The highest BCUT2D eigenvalue weighted by molar-refractivity contribution is 9.10. The lowest BCUT2D eigenvalue weighted by Crippen LogP contribution is -2.26. The van der Waals surface area contributed by atoms with E-state index in [4.69, 9.17) is 4.74 Å². The van der Waals surface area contributed by atoms with E-state index in [1.54, 1.807) is 13.0 Å². The minimum absolute atomic E-state index is 0.0170. The fourth-order valence-electron chi connectivity index (χ4n) is 1.46. The number of nitro groups is 1. The van der Waals surface area contributed by atoms with Crippen LogP contribution in [0.25, 0.3) is 0 Å². The van der Waals surface area contributed by atoms with Crippen molar-refractivity contribution >= 4 is 21.6 Å². The maximum atomic E-state index is 11.1. The molecule has 0 saturated heterocycles. The summed E-state index contributed by atoms with van der Waals surface area (Å²) < 4.78 is 5.92. The van der Waals surface area contributed by atoms with Gasteiger partial charge in [-0.05, 0) is 26.8 Å². The van der Waals surface area contributed by atoms with Gasteiger partial charge in [0.1, 0.15) is 6.10 Å². The van der Waals surface area contributed by atoms with E-state index in [-0.39, 0.29) is 11.4 Å². The first-order valence-electron chi connectivity index (χ1n) is 5.74. The predicted octanol–water partition coefficient (Wildman–Crippen LogP) is 2.56. The Kier molecular flexibility index (Phi) is 5.28. The third-order valence-electron chi connectivity index (χ3n) is 2.69. The summed E-state index contributed by atoms with van der Waals surface area (Å²) in [4.78, 5) is 10.5. The number of nitrogens with zero attached hydrogens (tertiary/aromatic N) is 1. The molecule has 0 aromatic heterocycles. The van der Waals surface area contributed by atoms with Crippen molar-refractivity contribution in [3.63, 3.8) is 0 Å². The number of nitro benzene ring substituents is 1. The fraction of sp³-hybridized carbons (Fsp3) is 0.500. The van der Waals surface area contributed by atoms with Gasteiger partial charge in [0.25, 0.3) is 0 Å². The van der Waals surface area contributed by atoms with Crippen LogP contribution in [0, 0.1) is 10.1 Å². The second kappa shape index (κ2) is 6.31. The lowest BCUT2D eigenvalue weighted by Gasteiger charge is -2.20. The van der Waals surface area contributed by atoms with E-state index in [0.29, 0.717) is 10.0 Å². The Morgan fingerprint density at radius 1 is 1.32 bits per heavy atom. The topological polar surface area (TPSA) is 92.8 Å². The van der Waals surface area contributed by atoms with E-state index < -0.39 is 23.2 Å². The first kappa shape index (κ1) is 15.9. The Bertz CT molecular complexity index is 475. The molecule has 0 radical (unpaired) electrons. The van der Waals surface area contributed by atoms with E-state index in [0.717, 1.165) is 0 Å². The van der Waals surface area contributed by atoms with E-state index in [2.05, 4.69) is 15.9 Å². The number of benzene rings is 1. The van der Waals surface area contributed by atoms with Crippen LogP contribution >= 0.6 is 15.9 Å².